The van der Waals surface area contributed by atoms with E-state index in [2.05, 4.69) is 25.3 Å². The fourth-order valence-electron chi connectivity index (χ4n) is 1.47. The Hall–Kier alpha value is 0.390. The van der Waals surface area contributed by atoms with Crippen molar-refractivity contribution in [1.29, 1.82) is 0 Å². The molecule has 0 unspecified atom stereocenters. The predicted octanol–water partition coefficient (Wildman–Crippen LogP) is 4.76. The average Bonchev–Trinajstić information content (AvgIpc) is 2.80. The second kappa shape index (κ2) is 10.5. The van der Waals surface area contributed by atoms with Crippen molar-refractivity contribution in [2.75, 3.05) is 11.1 Å². The van der Waals surface area contributed by atoms with E-state index in [1.54, 1.807) is 6.33 Å². The Labute approximate surface area is 115 Å². The van der Waals surface area contributed by atoms with Gasteiger partial charge in [-0.15, -0.1) is 0 Å². The zero-order valence-electron chi connectivity index (χ0n) is 9.53. The monoisotopic (exact) mass is 322 g/mol. The van der Waals surface area contributed by atoms with Crippen molar-refractivity contribution in [2.24, 2.45) is 0 Å². The smallest absolute Gasteiger partial charge is 0.169 e. The van der Waals surface area contributed by atoms with Crippen molar-refractivity contribution in [3.63, 3.8) is 0 Å². The lowest BCUT2D eigenvalue weighted by Crippen LogP contribution is -1.83. The molecule has 0 saturated heterocycles. The van der Waals surface area contributed by atoms with Gasteiger partial charge in [0.2, 0.25) is 0 Å². The van der Waals surface area contributed by atoms with Crippen molar-refractivity contribution >= 4 is 39.2 Å². The third kappa shape index (κ3) is 7.63. The highest BCUT2D eigenvalue weighted by Gasteiger charge is 1.97. The molecule has 0 radical (unpaired) electrons. The van der Waals surface area contributed by atoms with Gasteiger partial charge in [-0.3, -0.25) is 0 Å². The summed E-state index contributed by atoms with van der Waals surface area (Å²) in [6.07, 6.45) is 11.2. The molecule has 0 aromatic carbocycles. The fourth-order valence-corrected chi connectivity index (χ4v) is 3.38. The maximum atomic E-state index is 4.15. The molecule has 0 atom stereocenters. The Kier molecular flexibility index (Phi) is 9.52. The standard InChI is InChI=1S/C11H19BrN2S2/c12-8-6-4-2-1-3-5-7-9-15-11-13-10-14-16-11/h10H,1-9H2. The molecule has 0 fully saturated rings. The Bertz CT molecular complexity index is 242. The molecular formula is C11H19BrN2S2. The minimum absolute atomic E-state index is 1.11. The first-order chi connectivity index (χ1) is 7.93. The Morgan fingerprint density at radius 2 is 1.75 bits per heavy atom. The summed E-state index contributed by atoms with van der Waals surface area (Å²) in [6.45, 7) is 0. The molecule has 1 heterocycles. The van der Waals surface area contributed by atoms with Crippen LogP contribution in [0, 0.1) is 0 Å². The van der Waals surface area contributed by atoms with E-state index >= 15 is 0 Å². The number of hydrogen-bond acceptors (Lipinski definition) is 4. The van der Waals surface area contributed by atoms with Gasteiger partial charge in [0, 0.05) is 11.1 Å². The van der Waals surface area contributed by atoms with Gasteiger partial charge in [-0.25, -0.2) is 4.98 Å². The number of nitrogens with zero attached hydrogens (tertiary/aromatic N) is 2. The lowest BCUT2D eigenvalue weighted by molar-refractivity contribution is 0.606. The minimum Gasteiger partial charge on any atom is -0.216 e. The summed E-state index contributed by atoms with van der Waals surface area (Å²) in [5, 5.41) is 1.16. The van der Waals surface area contributed by atoms with Gasteiger partial charge in [0.1, 0.15) is 6.33 Å². The zero-order chi connectivity index (χ0) is 11.5. The first kappa shape index (κ1) is 14.5. The van der Waals surface area contributed by atoms with Crippen LogP contribution in [0.4, 0.5) is 0 Å². The average molecular weight is 323 g/mol. The molecule has 0 N–H and O–H groups in total. The first-order valence-electron chi connectivity index (χ1n) is 5.89. The van der Waals surface area contributed by atoms with Crippen LogP contribution in [0.3, 0.4) is 0 Å². The van der Waals surface area contributed by atoms with Gasteiger partial charge in [-0.2, -0.15) is 4.37 Å². The molecule has 0 aliphatic heterocycles. The number of hydrogen-bond donors (Lipinski definition) is 0. The molecule has 5 heteroatoms. The normalized spacial score (nSPS) is 10.8. The SMILES string of the molecule is BrCCCCCCCCCSc1ncns1. The molecule has 92 valence electrons. The Balaban J connectivity index is 1.78. The van der Waals surface area contributed by atoms with E-state index in [0.717, 1.165) is 9.67 Å². The van der Waals surface area contributed by atoms with E-state index in [9.17, 15) is 0 Å². The maximum Gasteiger partial charge on any atom is 0.169 e. The van der Waals surface area contributed by atoms with Crippen LogP contribution in [0.15, 0.2) is 10.7 Å². The molecule has 0 aliphatic carbocycles. The van der Waals surface area contributed by atoms with E-state index in [1.807, 2.05) is 11.8 Å². The summed E-state index contributed by atoms with van der Waals surface area (Å²) < 4.78 is 5.09. The second-order valence-electron chi connectivity index (χ2n) is 3.72. The summed E-state index contributed by atoms with van der Waals surface area (Å²) in [7, 11) is 0. The van der Waals surface area contributed by atoms with Gasteiger partial charge in [0.15, 0.2) is 4.34 Å². The molecule has 16 heavy (non-hydrogen) atoms. The number of halogens is 1. The number of unbranched alkanes of at least 4 members (excludes halogenated alkanes) is 6. The summed E-state index contributed by atoms with van der Waals surface area (Å²) in [6, 6.07) is 0. The quantitative estimate of drug-likeness (QED) is 0.353. The van der Waals surface area contributed by atoms with E-state index in [-0.39, 0.29) is 0 Å². The van der Waals surface area contributed by atoms with Gasteiger partial charge in [-0.1, -0.05) is 59.8 Å². The molecule has 0 amide bonds. The van der Waals surface area contributed by atoms with Crippen molar-refractivity contribution in [1.82, 2.24) is 9.36 Å². The van der Waals surface area contributed by atoms with Crippen molar-refractivity contribution in [3.8, 4) is 0 Å². The third-order valence-corrected chi connectivity index (χ3v) is 4.79. The minimum atomic E-state index is 1.11. The van der Waals surface area contributed by atoms with Crippen LogP contribution in [-0.2, 0) is 0 Å². The molecule has 0 bridgehead atoms. The van der Waals surface area contributed by atoms with Crippen LogP contribution < -0.4 is 0 Å². The van der Waals surface area contributed by atoms with Crippen LogP contribution in [0.2, 0.25) is 0 Å². The lowest BCUT2D eigenvalue weighted by atomic mass is 10.1. The maximum absolute atomic E-state index is 4.15. The second-order valence-corrected chi connectivity index (χ2v) is 6.63. The molecular weight excluding hydrogens is 304 g/mol. The van der Waals surface area contributed by atoms with E-state index in [0.29, 0.717) is 0 Å². The number of aromatic nitrogens is 2. The fraction of sp³-hybridized carbons (Fsp3) is 0.818. The molecule has 0 aliphatic rings. The highest BCUT2D eigenvalue weighted by molar-refractivity contribution is 9.09. The van der Waals surface area contributed by atoms with E-state index in [4.69, 9.17) is 0 Å². The van der Waals surface area contributed by atoms with Gasteiger partial charge < -0.3 is 0 Å². The highest BCUT2D eigenvalue weighted by atomic mass is 79.9. The van der Waals surface area contributed by atoms with E-state index in [1.165, 1.54) is 62.2 Å². The largest absolute Gasteiger partial charge is 0.216 e. The number of alkyl halides is 1. The number of thioether (sulfide) groups is 1. The van der Waals surface area contributed by atoms with E-state index < -0.39 is 0 Å². The van der Waals surface area contributed by atoms with Crippen molar-refractivity contribution < 1.29 is 0 Å². The predicted molar refractivity (Wildman–Crippen MR) is 76.7 cm³/mol. The topological polar surface area (TPSA) is 25.8 Å². The molecule has 0 saturated carbocycles. The summed E-state index contributed by atoms with van der Waals surface area (Å²) in [5.74, 6) is 1.19. The first-order valence-corrected chi connectivity index (χ1v) is 8.77. The van der Waals surface area contributed by atoms with Gasteiger partial charge in [-0.05, 0) is 24.4 Å². The van der Waals surface area contributed by atoms with Crippen LogP contribution in [0.1, 0.15) is 44.9 Å². The van der Waals surface area contributed by atoms with Crippen molar-refractivity contribution in [3.05, 3.63) is 6.33 Å². The molecule has 1 rings (SSSR count). The summed E-state index contributed by atoms with van der Waals surface area (Å²) in [4.78, 5) is 4.15. The van der Waals surface area contributed by atoms with Crippen LogP contribution in [0.25, 0.3) is 0 Å². The third-order valence-electron chi connectivity index (χ3n) is 2.34. The summed E-state index contributed by atoms with van der Waals surface area (Å²) >= 11 is 6.79. The molecule has 1 aromatic rings. The molecule has 1 aromatic heterocycles. The lowest BCUT2D eigenvalue weighted by Gasteiger charge is -2.00. The van der Waals surface area contributed by atoms with Crippen LogP contribution in [-0.4, -0.2) is 20.4 Å². The highest BCUT2D eigenvalue weighted by Crippen LogP contribution is 2.20. The number of rotatable bonds is 10. The van der Waals surface area contributed by atoms with Gasteiger partial charge in [0.05, 0.1) is 0 Å². The Morgan fingerprint density at radius 1 is 1.06 bits per heavy atom. The van der Waals surface area contributed by atoms with Crippen LogP contribution >= 0.6 is 39.2 Å². The van der Waals surface area contributed by atoms with Gasteiger partial charge in [0.25, 0.3) is 0 Å². The van der Waals surface area contributed by atoms with Crippen LogP contribution in [0.5, 0.6) is 0 Å². The molecule has 0 spiro atoms. The molecule has 2 nitrogen and oxygen atoms in total. The zero-order valence-corrected chi connectivity index (χ0v) is 12.7. The van der Waals surface area contributed by atoms with Gasteiger partial charge >= 0.3 is 0 Å². The summed E-state index contributed by atoms with van der Waals surface area (Å²) in [5.41, 5.74) is 0. The Morgan fingerprint density at radius 3 is 2.38 bits per heavy atom. The van der Waals surface area contributed by atoms with Crippen molar-refractivity contribution in [2.45, 2.75) is 49.3 Å².